The van der Waals surface area contributed by atoms with Crippen LogP contribution in [0, 0.1) is 18.8 Å². The van der Waals surface area contributed by atoms with Gasteiger partial charge in [-0.15, -0.1) is 11.3 Å². The molecule has 2 aliphatic rings. The van der Waals surface area contributed by atoms with Gasteiger partial charge in [-0.2, -0.15) is 0 Å². The number of amides is 3. The molecule has 3 heterocycles. The summed E-state index contributed by atoms with van der Waals surface area (Å²) < 4.78 is 0. The van der Waals surface area contributed by atoms with E-state index >= 15 is 0 Å². The van der Waals surface area contributed by atoms with Crippen LogP contribution in [0.25, 0.3) is 6.08 Å². The van der Waals surface area contributed by atoms with Gasteiger partial charge in [0, 0.05) is 49.5 Å². The summed E-state index contributed by atoms with van der Waals surface area (Å²) in [6.45, 7) is 4.30. The van der Waals surface area contributed by atoms with Crippen LogP contribution < -0.4 is 5.32 Å². The van der Waals surface area contributed by atoms with Gasteiger partial charge in [0.2, 0.25) is 17.7 Å². The minimum atomic E-state index is -0.0888. The van der Waals surface area contributed by atoms with Gasteiger partial charge in [-0.1, -0.05) is 30.3 Å². The van der Waals surface area contributed by atoms with Crippen molar-refractivity contribution in [2.75, 3.05) is 31.5 Å². The lowest BCUT2D eigenvalue weighted by molar-refractivity contribution is -0.141. The highest BCUT2D eigenvalue weighted by atomic mass is 32.1. The largest absolute Gasteiger partial charge is 0.342 e. The van der Waals surface area contributed by atoms with Crippen molar-refractivity contribution in [1.82, 2.24) is 14.8 Å². The summed E-state index contributed by atoms with van der Waals surface area (Å²) in [4.78, 5) is 46.0. The normalized spacial score (nSPS) is 18.0. The van der Waals surface area contributed by atoms with E-state index in [2.05, 4.69) is 10.3 Å². The zero-order valence-corrected chi connectivity index (χ0v) is 19.7. The molecule has 2 aliphatic heterocycles. The van der Waals surface area contributed by atoms with E-state index in [1.165, 1.54) is 11.3 Å². The van der Waals surface area contributed by atoms with Crippen molar-refractivity contribution >= 4 is 40.3 Å². The first-order chi connectivity index (χ1) is 16.0. The number of piperidine rings is 2. The van der Waals surface area contributed by atoms with Crippen LogP contribution in [0.15, 0.2) is 41.8 Å². The molecule has 1 aromatic heterocycles. The standard InChI is InChI=1S/C25H30N4O3S/c1-18-17-33-25(26-18)27-23(31)20-9-15-29(16-10-20)24(32)21-11-13-28(14-12-21)22(30)8-7-19-5-3-2-4-6-19/h2-8,17,20-21H,9-16H2,1H3,(H,26,27,31). The number of thiazole rings is 1. The molecule has 33 heavy (non-hydrogen) atoms. The number of hydrogen-bond donors (Lipinski definition) is 1. The number of carbonyl (C=O) groups excluding carboxylic acids is 3. The average Bonchev–Trinajstić information content (AvgIpc) is 3.27. The number of hydrogen-bond acceptors (Lipinski definition) is 5. The Morgan fingerprint density at radius 1 is 0.970 bits per heavy atom. The maximum absolute atomic E-state index is 13.0. The Morgan fingerprint density at radius 2 is 1.61 bits per heavy atom. The Hall–Kier alpha value is -3.00. The number of nitrogens with one attached hydrogen (secondary N) is 1. The molecule has 8 heteroatoms. The highest BCUT2D eigenvalue weighted by molar-refractivity contribution is 7.13. The van der Waals surface area contributed by atoms with E-state index in [9.17, 15) is 14.4 Å². The SMILES string of the molecule is Cc1csc(NC(=O)C2CCN(C(=O)C3CCN(C(=O)C=Cc4ccccc4)CC3)CC2)n1. The molecule has 2 aromatic rings. The van der Waals surface area contributed by atoms with Crippen LogP contribution in [0.1, 0.15) is 36.9 Å². The number of rotatable bonds is 5. The van der Waals surface area contributed by atoms with Gasteiger partial charge in [0.1, 0.15) is 0 Å². The van der Waals surface area contributed by atoms with Crippen molar-refractivity contribution in [3.63, 3.8) is 0 Å². The zero-order valence-electron chi connectivity index (χ0n) is 18.9. The third-order valence-electron chi connectivity index (χ3n) is 6.40. The van der Waals surface area contributed by atoms with Gasteiger partial charge in [-0.05, 0) is 44.2 Å². The summed E-state index contributed by atoms with van der Waals surface area (Å²) in [6, 6.07) is 9.75. The summed E-state index contributed by atoms with van der Waals surface area (Å²) in [6.07, 6.45) is 6.16. The molecule has 174 valence electrons. The molecular formula is C25H30N4O3S. The molecule has 0 bridgehead atoms. The van der Waals surface area contributed by atoms with E-state index in [1.54, 1.807) is 6.08 Å². The minimum Gasteiger partial charge on any atom is -0.342 e. The van der Waals surface area contributed by atoms with Gasteiger partial charge >= 0.3 is 0 Å². The van der Waals surface area contributed by atoms with Crippen LogP contribution in [0.3, 0.4) is 0 Å². The molecule has 3 amide bonds. The highest BCUT2D eigenvalue weighted by Crippen LogP contribution is 2.25. The fraction of sp³-hybridized carbons (Fsp3) is 0.440. The molecule has 0 radical (unpaired) electrons. The van der Waals surface area contributed by atoms with Crippen molar-refractivity contribution < 1.29 is 14.4 Å². The van der Waals surface area contributed by atoms with Crippen LogP contribution in [-0.4, -0.2) is 58.7 Å². The third kappa shape index (κ3) is 6.07. The smallest absolute Gasteiger partial charge is 0.246 e. The maximum Gasteiger partial charge on any atom is 0.246 e. The monoisotopic (exact) mass is 466 g/mol. The van der Waals surface area contributed by atoms with Crippen LogP contribution in [0.2, 0.25) is 0 Å². The summed E-state index contributed by atoms with van der Waals surface area (Å²) in [7, 11) is 0. The Morgan fingerprint density at radius 3 is 2.24 bits per heavy atom. The zero-order chi connectivity index (χ0) is 23.2. The van der Waals surface area contributed by atoms with Crippen molar-refractivity contribution in [3.05, 3.63) is 53.0 Å². The predicted molar refractivity (Wildman–Crippen MR) is 130 cm³/mol. The molecule has 7 nitrogen and oxygen atoms in total. The van der Waals surface area contributed by atoms with Gasteiger partial charge < -0.3 is 15.1 Å². The van der Waals surface area contributed by atoms with Gasteiger partial charge in [-0.25, -0.2) is 4.98 Å². The van der Waals surface area contributed by atoms with E-state index in [1.807, 2.05) is 58.5 Å². The van der Waals surface area contributed by atoms with E-state index in [4.69, 9.17) is 0 Å². The van der Waals surface area contributed by atoms with Gasteiger partial charge in [0.15, 0.2) is 5.13 Å². The number of nitrogens with zero attached hydrogens (tertiary/aromatic N) is 3. The Labute approximate surface area is 198 Å². The Bertz CT molecular complexity index is 1000. The third-order valence-corrected chi connectivity index (χ3v) is 7.28. The first kappa shape index (κ1) is 23.2. The number of aryl methyl sites for hydroxylation is 1. The first-order valence-electron chi connectivity index (χ1n) is 11.5. The average molecular weight is 467 g/mol. The van der Waals surface area contributed by atoms with Crippen molar-refractivity contribution in [2.45, 2.75) is 32.6 Å². The first-order valence-corrected chi connectivity index (χ1v) is 12.4. The second-order valence-electron chi connectivity index (χ2n) is 8.73. The molecule has 2 saturated heterocycles. The lowest BCUT2D eigenvalue weighted by Crippen LogP contribution is -2.47. The number of anilines is 1. The minimum absolute atomic E-state index is 0.00740. The van der Waals surface area contributed by atoms with Gasteiger partial charge in [0.05, 0.1) is 5.69 Å². The fourth-order valence-electron chi connectivity index (χ4n) is 4.42. The summed E-state index contributed by atoms with van der Waals surface area (Å²) in [5.41, 5.74) is 1.89. The second-order valence-corrected chi connectivity index (χ2v) is 9.58. The molecule has 0 unspecified atom stereocenters. The van der Waals surface area contributed by atoms with Gasteiger partial charge in [-0.3, -0.25) is 14.4 Å². The second kappa shape index (κ2) is 10.7. The lowest BCUT2D eigenvalue weighted by atomic mass is 9.91. The number of likely N-dealkylation sites (tertiary alicyclic amines) is 2. The molecule has 0 spiro atoms. The maximum atomic E-state index is 13.0. The molecule has 0 saturated carbocycles. The predicted octanol–water partition coefficient (Wildman–Crippen LogP) is 3.58. The lowest BCUT2D eigenvalue weighted by Gasteiger charge is -2.36. The molecule has 4 rings (SSSR count). The van der Waals surface area contributed by atoms with Crippen molar-refractivity contribution in [1.29, 1.82) is 0 Å². The molecule has 1 aromatic carbocycles. The van der Waals surface area contributed by atoms with Crippen molar-refractivity contribution in [2.24, 2.45) is 11.8 Å². The van der Waals surface area contributed by atoms with E-state index < -0.39 is 0 Å². The number of benzene rings is 1. The van der Waals surface area contributed by atoms with Crippen molar-refractivity contribution in [3.8, 4) is 0 Å². The van der Waals surface area contributed by atoms with Crippen LogP contribution >= 0.6 is 11.3 Å². The van der Waals surface area contributed by atoms with Crippen LogP contribution in [0.4, 0.5) is 5.13 Å². The molecule has 2 fully saturated rings. The highest BCUT2D eigenvalue weighted by Gasteiger charge is 2.33. The number of carbonyl (C=O) groups is 3. The Balaban J connectivity index is 1.20. The Kier molecular flexibility index (Phi) is 7.54. The molecule has 1 N–H and O–H groups in total. The fourth-order valence-corrected chi connectivity index (χ4v) is 5.11. The van der Waals surface area contributed by atoms with Crippen LogP contribution in [-0.2, 0) is 14.4 Å². The van der Waals surface area contributed by atoms with E-state index in [0.717, 1.165) is 11.3 Å². The molecule has 0 aliphatic carbocycles. The summed E-state index contributed by atoms with van der Waals surface area (Å²) in [5.74, 6) is 0.0140. The summed E-state index contributed by atoms with van der Waals surface area (Å²) in [5, 5.41) is 5.45. The topological polar surface area (TPSA) is 82.6 Å². The van der Waals surface area contributed by atoms with Gasteiger partial charge in [0.25, 0.3) is 0 Å². The molecular weight excluding hydrogens is 436 g/mol. The van der Waals surface area contributed by atoms with E-state index in [0.29, 0.717) is 57.0 Å². The van der Waals surface area contributed by atoms with E-state index in [-0.39, 0.29) is 29.6 Å². The van der Waals surface area contributed by atoms with Crippen LogP contribution in [0.5, 0.6) is 0 Å². The summed E-state index contributed by atoms with van der Waals surface area (Å²) >= 11 is 1.43. The quantitative estimate of drug-likeness (QED) is 0.683. The number of aromatic nitrogens is 1. The molecule has 0 atom stereocenters.